The Kier molecular flexibility index (Phi) is 9.29. The predicted octanol–water partition coefficient (Wildman–Crippen LogP) is 7.19. The number of nitrogens with one attached hydrogen (secondary N) is 2. The van der Waals surface area contributed by atoms with E-state index in [-0.39, 0.29) is 11.8 Å². The zero-order valence-corrected chi connectivity index (χ0v) is 25.3. The zero-order valence-electron chi connectivity index (χ0n) is 23.6. The Morgan fingerprint density at radius 1 is 0.952 bits per heavy atom. The van der Waals surface area contributed by atoms with Crippen molar-refractivity contribution in [2.75, 3.05) is 24.9 Å². The van der Waals surface area contributed by atoms with Crippen LogP contribution in [0, 0.1) is 0 Å². The number of thioether (sulfide) groups is 1. The monoisotopic (exact) mass is 600 g/mol. The van der Waals surface area contributed by atoms with Crippen molar-refractivity contribution in [3.8, 4) is 5.75 Å². The molecule has 1 aliphatic carbocycles. The molecular formula is C33H32N2O5S2. The Labute approximate surface area is 253 Å². The van der Waals surface area contributed by atoms with Gasteiger partial charge in [-0.05, 0) is 85.7 Å². The Balaban J connectivity index is 1.26. The Bertz CT molecular complexity index is 1580. The molecule has 1 aliphatic rings. The number of esters is 1. The van der Waals surface area contributed by atoms with Crippen LogP contribution in [0.1, 0.15) is 56.0 Å². The third-order valence-corrected chi connectivity index (χ3v) is 9.55. The maximum absolute atomic E-state index is 13.3. The Morgan fingerprint density at radius 3 is 2.43 bits per heavy atom. The van der Waals surface area contributed by atoms with Gasteiger partial charge in [0.1, 0.15) is 10.8 Å². The van der Waals surface area contributed by atoms with Gasteiger partial charge < -0.3 is 20.1 Å². The van der Waals surface area contributed by atoms with E-state index < -0.39 is 11.2 Å². The van der Waals surface area contributed by atoms with Gasteiger partial charge in [0.05, 0.1) is 25.0 Å². The molecule has 0 fully saturated rings. The summed E-state index contributed by atoms with van der Waals surface area (Å²) in [4.78, 5) is 40.8. The number of carbonyl (C=O) groups excluding carboxylic acids is 3. The number of amides is 2. The second kappa shape index (κ2) is 13.3. The van der Waals surface area contributed by atoms with Crippen LogP contribution < -0.4 is 15.4 Å². The molecule has 1 aromatic heterocycles. The highest BCUT2D eigenvalue weighted by Gasteiger charge is 2.31. The molecule has 2 N–H and O–H groups in total. The molecule has 0 spiro atoms. The summed E-state index contributed by atoms with van der Waals surface area (Å²) in [6.07, 6.45) is 2.51. The van der Waals surface area contributed by atoms with Crippen molar-refractivity contribution < 1.29 is 23.9 Å². The fourth-order valence-corrected chi connectivity index (χ4v) is 7.31. The second-order valence-electron chi connectivity index (χ2n) is 10.0. The fraction of sp³-hybridized carbons (Fsp3) is 0.242. The number of anilines is 2. The lowest BCUT2D eigenvalue weighted by molar-refractivity contribution is -0.115. The van der Waals surface area contributed by atoms with Gasteiger partial charge >= 0.3 is 5.97 Å². The molecule has 216 valence electrons. The van der Waals surface area contributed by atoms with E-state index in [1.807, 2.05) is 31.2 Å². The van der Waals surface area contributed by atoms with Crippen LogP contribution in [0.4, 0.5) is 10.7 Å². The largest absolute Gasteiger partial charge is 0.497 e. The summed E-state index contributed by atoms with van der Waals surface area (Å²) in [6, 6.07) is 24.6. The van der Waals surface area contributed by atoms with E-state index in [4.69, 9.17) is 9.47 Å². The average molecular weight is 601 g/mol. The van der Waals surface area contributed by atoms with E-state index in [9.17, 15) is 14.4 Å². The zero-order chi connectivity index (χ0) is 29.6. The molecule has 0 radical (unpaired) electrons. The topological polar surface area (TPSA) is 93.7 Å². The number of rotatable bonds is 9. The van der Waals surface area contributed by atoms with Crippen LogP contribution in [0.2, 0.25) is 0 Å². The van der Waals surface area contributed by atoms with Gasteiger partial charge in [-0.1, -0.05) is 36.4 Å². The van der Waals surface area contributed by atoms with E-state index in [1.165, 1.54) is 35.8 Å². The molecule has 7 nitrogen and oxygen atoms in total. The van der Waals surface area contributed by atoms with Gasteiger partial charge in [-0.25, -0.2) is 4.79 Å². The molecular weight excluding hydrogens is 569 g/mol. The number of ether oxygens (including phenoxy) is 2. The lowest BCUT2D eigenvalue weighted by atomic mass is 9.83. The summed E-state index contributed by atoms with van der Waals surface area (Å²) in [7, 11) is 2.94. The molecule has 1 heterocycles. The number of hydrogen-bond donors (Lipinski definition) is 2. The van der Waals surface area contributed by atoms with Gasteiger partial charge in [0.15, 0.2) is 0 Å². The van der Waals surface area contributed by atoms with E-state index in [2.05, 4.69) is 34.9 Å². The molecule has 2 atom stereocenters. The van der Waals surface area contributed by atoms with Crippen LogP contribution in [0.25, 0.3) is 0 Å². The number of thiophene rings is 1. The first kappa shape index (κ1) is 29.4. The molecule has 2 unspecified atom stereocenters. The maximum atomic E-state index is 13.3. The minimum absolute atomic E-state index is 0.212. The summed E-state index contributed by atoms with van der Waals surface area (Å²) in [5.74, 6) is 0.170. The third-order valence-electron chi connectivity index (χ3n) is 7.29. The van der Waals surface area contributed by atoms with Crippen LogP contribution in [-0.4, -0.2) is 37.3 Å². The highest BCUT2D eigenvalue weighted by Crippen LogP contribution is 2.43. The van der Waals surface area contributed by atoms with Crippen molar-refractivity contribution in [1.29, 1.82) is 0 Å². The van der Waals surface area contributed by atoms with Gasteiger partial charge in [-0.15, -0.1) is 23.1 Å². The van der Waals surface area contributed by atoms with Gasteiger partial charge in [-0.2, -0.15) is 0 Å². The molecule has 9 heteroatoms. The minimum atomic E-state index is -0.459. The summed E-state index contributed by atoms with van der Waals surface area (Å²) >= 11 is 2.84. The molecule has 3 aromatic carbocycles. The highest BCUT2D eigenvalue weighted by molar-refractivity contribution is 8.00. The van der Waals surface area contributed by atoms with Crippen LogP contribution >= 0.6 is 23.1 Å². The van der Waals surface area contributed by atoms with E-state index in [1.54, 1.807) is 37.4 Å². The molecule has 42 heavy (non-hydrogen) atoms. The number of hydrogen-bond acceptors (Lipinski definition) is 7. The summed E-state index contributed by atoms with van der Waals surface area (Å²) in [6.45, 7) is 1.82. The van der Waals surface area contributed by atoms with Crippen LogP contribution in [0.5, 0.6) is 5.75 Å². The first-order chi connectivity index (χ1) is 20.4. The van der Waals surface area contributed by atoms with E-state index in [0.29, 0.717) is 33.5 Å². The second-order valence-corrected chi connectivity index (χ2v) is 12.5. The van der Waals surface area contributed by atoms with Gasteiger partial charge in [0.2, 0.25) is 5.91 Å². The molecule has 0 bridgehead atoms. The average Bonchev–Trinajstić information content (AvgIpc) is 3.38. The van der Waals surface area contributed by atoms with Crippen molar-refractivity contribution >= 4 is 51.6 Å². The first-order valence-electron chi connectivity index (χ1n) is 13.7. The van der Waals surface area contributed by atoms with Crippen molar-refractivity contribution in [3.63, 3.8) is 0 Å². The van der Waals surface area contributed by atoms with Crippen LogP contribution in [0.15, 0.2) is 83.8 Å². The molecule has 2 amide bonds. The quantitative estimate of drug-likeness (QED) is 0.156. The van der Waals surface area contributed by atoms with Gasteiger partial charge in [0.25, 0.3) is 5.91 Å². The standard InChI is InChI=1S/C33H32N2O5S2/c1-20(41-26-11-7-10-24(19-26)34-31(37)22-12-15-25(39-2)16-13-22)30(36)35-32-29(33(38)40-3)27-17-14-23(18-28(27)42-32)21-8-5-4-6-9-21/h4-13,15-16,19-20,23H,14,17-18H2,1-3H3,(H,34,37)(H,35,36). The van der Waals surface area contributed by atoms with Crippen molar-refractivity contribution in [2.24, 2.45) is 0 Å². The fourth-order valence-electron chi connectivity index (χ4n) is 5.07. The van der Waals surface area contributed by atoms with Gasteiger partial charge in [0, 0.05) is 21.0 Å². The molecule has 0 aliphatic heterocycles. The van der Waals surface area contributed by atoms with Crippen molar-refractivity contribution in [2.45, 2.75) is 42.2 Å². The minimum Gasteiger partial charge on any atom is -0.497 e. The third kappa shape index (κ3) is 6.69. The number of fused-ring (bicyclic) bond motifs is 1. The molecule has 4 aromatic rings. The highest BCUT2D eigenvalue weighted by atomic mass is 32.2. The lowest BCUT2D eigenvalue weighted by Crippen LogP contribution is -2.23. The summed E-state index contributed by atoms with van der Waals surface area (Å²) in [5, 5.41) is 6.00. The van der Waals surface area contributed by atoms with E-state index >= 15 is 0 Å². The van der Waals surface area contributed by atoms with Crippen LogP contribution in [0.3, 0.4) is 0 Å². The lowest BCUT2D eigenvalue weighted by Gasteiger charge is -2.22. The number of methoxy groups -OCH3 is 2. The van der Waals surface area contributed by atoms with Crippen molar-refractivity contribution in [1.82, 2.24) is 0 Å². The summed E-state index contributed by atoms with van der Waals surface area (Å²) in [5.41, 5.74) is 3.87. The SMILES string of the molecule is COC(=O)c1c(NC(=O)C(C)Sc2cccc(NC(=O)c3ccc(OC)cc3)c2)sc2c1CCC(c1ccccc1)C2. The van der Waals surface area contributed by atoms with Gasteiger partial charge in [-0.3, -0.25) is 9.59 Å². The Morgan fingerprint density at radius 2 is 1.71 bits per heavy atom. The number of carbonyl (C=O) groups is 3. The van der Waals surface area contributed by atoms with Crippen LogP contribution in [-0.2, 0) is 22.4 Å². The molecule has 0 saturated heterocycles. The smallest absolute Gasteiger partial charge is 0.341 e. The first-order valence-corrected chi connectivity index (χ1v) is 15.4. The molecule has 5 rings (SSSR count). The normalized spacial score (nSPS) is 14.8. The predicted molar refractivity (Wildman–Crippen MR) is 168 cm³/mol. The number of benzene rings is 3. The maximum Gasteiger partial charge on any atom is 0.341 e. The van der Waals surface area contributed by atoms with Crippen molar-refractivity contribution in [3.05, 3.63) is 106 Å². The summed E-state index contributed by atoms with van der Waals surface area (Å²) < 4.78 is 10.3. The molecule has 0 saturated carbocycles. The Hall–Kier alpha value is -4.08. The van der Waals surface area contributed by atoms with E-state index in [0.717, 1.165) is 34.6 Å².